The predicted octanol–water partition coefficient (Wildman–Crippen LogP) is 5.42. The van der Waals surface area contributed by atoms with Crippen LogP contribution in [0.3, 0.4) is 0 Å². The number of halogens is 1. The molecule has 0 N–H and O–H groups in total. The average molecular weight is 290 g/mol. The maximum atomic E-state index is 5.84. The Hall–Kier alpha value is -1.54. The minimum Gasteiger partial charge on any atom is -0.455 e. The molecule has 2 nitrogen and oxygen atoms in total. The van der Waals surface area contributed by atoms with Gasteiger partial charge in [-0.25, -0.2) is 4.98 Å². The van der Waals surface area contributed by atoms with E-state index in [1.165, 1.54) is 5.56 Å². The highest BCUT2D eigenvalue weighted by molar-refractivity contribution is 6.29. The van der Waals surface area contributed by atoms with Gasteiger partial charge in [0.2, 0.25) is 0 Å². The van der Waals surface area contributed by atoms with Crippen molar-refractivity contribution >= 4 is 11.6 Å². The minimum atomic E-state index is 0.291. The fourth-order valence-electron chi connectivity index (χ4n) is 2.04. The van der Waals surface area contributed by atoms with Crippen molar-refractivity contribution in [3.05, 3.63) is 52.8 Å². The van der Waals surface area contributed by atoms with Gasteiger partial charge < -0.3 is 4.74 Å². The first-order valence-corrected chi connectivity index (χ1v) is 7.11. The predicted molar refractivity (Wildman–Crippen MR) is 83.7 cm³/mol. The monoisotopic (exact) mass is 289 g/mol. The number of hydrogen-bond donors (Lipinski definition) is 0. The molecule has 0 radical (unpaired) electrons. The Morgan fingerprint density at radius 1 is 1.05 bits per heavy atom. The van der Waals surface area contributed by atoms with Crippen LogP contribution in [0, 0.1) is 12.3 Å². The van der Waals surface area contributed by atoms with Crippen molar-refractivity contribution in [2.45, 2.75) is 34.1 Å². The summed E-state index contributed by atoms with van der Waals surface area (Å²) in [4.78, 5) is 4.18. The second-order valence-electron chi connectivity index (χ2n) is 6.20. The standard InChI is InChI=1S/C17H20ClNO/c1-12-15(9-10-16(18)19-12)20-14-7-5-13(6-8-14)11-17(2,3)4/h5-10H,11H2,1-4H3. The van der Waals surface area contributed by atoms with E-state index in [2.05, 4.69) is 37.9 Å². The van der Waals surface area contributed by atoms with Crippen molar-refractivity contribution in [2.24, 2.45) is 5.41 Å². The highest BCUT2D eigenvalue weighted by Gasteiger charge is 2.11. The van der Waals surface area contributed by atoms with Gasteiger partial charge in [0.05, 0.1) is 5.69 Å². The summed E-state index contributed by atoms with van der Waals surface area (Å²) < 4.78 is 5.83. The van der Waals surface area contributed by atoms with Gasteiger partial charge in [-0.1, -0.05) is 44.5 Å². The molecule has 2 aromatic rings. The normalized spacial score (nSPS) is 11.4. The Kier molecular flexibility index (Phi) is 4.34. The molecule has 0 saturated heterocycles. The molecule has 0 amide bonds. The highest BCUT2D eigenvalue weighted by Crippen LogP contribution is 2.27. The Morgan fingerprint density at radius 3 is 2.25 bits per heavy atom. The first kappa shape index (κ1) is 14.9. The summed E-state index contributed by atoms with van der Waals surface area (Å²) in [5.41, 5.74) is 2.39. The van der Waals surface area contributed by atoms with Gasteiger partial charge >= 0.3 is 0 Å². The molecule has 0 spiro atoms. The van der Waals surface area contributed by atoms with Crippen LogP contribution < -0.4 is 4.74 Å². The maximum Gasteiger partial charge on any atom is 0.148 e. The van der Waals surface area contributed by atoms with E-state index in [1.807, 2.05) is 25.1 Å². The van der Waals surface area contributed by atoms with E-state index in [9.17, 15) is 0 Å². The fraction of sp³-hybridized carbons (Fsp3) is 0.353. The Bertz CT molecular complexity index is 585. The summed E-state index contributed by atoms with van der Waals surface area (Å²) in [6.45, 7) is 8.59. The summed E-state index contributed by atoms with van der Waals surface area (Å²) in [6.07, 6.45) is 1.05. The van der Waals surface area contributed by atoms with Crippen LogP contribution in [0.1, 0.15) is 32.0 Å². The van der Waals surface area contributed by atoms with Crippen LogP contribution in [0.15, 0.2) is 36.4 Å². The lowest BCUT2D eigenvalue weighted by Gasteiger charge is -2.18. The summed E-state index contributed by atoms with van der Waals surface area (Å²) >= 11 is 5.84. The molecule has 1 heterocycles. The van der Waals surface area contributed by atoms with Gasteiger partial charge in [0.1, 0.15) is 16.7 Å². The largest absolute Gasteiger partial charge is 0.455 e. The highest BCUT2D eigenvalue weighted by atomic mass is 35.5. The van der Waals surface area contributed by atoms with E-state index in [0.717, 1.165) is 23.6 Å². The molecule has 0 saturated carbocycles. The molecule has 3 heteroatoms. The van der Waals surface area contributed by atoms with Crippen molar-refractivity contribution in [1.29, 1.82) is 0 Å². The topological polar surface area (TPSA) is 22.1 Å². The van der Waals surface area contributed by atoms with Crippen LogP contribution in [-0.2, 0) is 6.42 Å². The van der Waals surface area contributed by atoms with Gasteiger partial charge in [-0.2, -0.15) is 0 Å². The van der Waals surface area contributed by atoms with Crippen molar-refractivity contribution < 1.29 is 4.74 Å². The van der Waals surface area contributed by atoms with E-state index in [0.29, 0.717) is 10.6 Å². The van der Waals surface area contributed by atoms with Crippen LogP contribution in [0.25, 0.3) is 0 Å². The number of aromatic nitrogens is 1. The summed E-state index contributed by atoms with van der Waals surface area (Å²) in [7, 11) is 0. The van der Waals surface area contributed by atoms with Crippen LogP contribution in [-0.4, -0.2) is 4.98 Å². The van der Waals surface area contributed by atoms with Crippen LogP contribution in [0.2, 0.25) is 5.15 Å². The molecular formula is C17H20ClNO. The third kappa shape index (κ3) is 4.24. The zero-order valence-electron chi connectivity index (χ0n) is 12.4. The number of hydrogen-bond acceptors (Lipinski definition) is 2. The lowest BCUT2D eigenvalue weighted by molar-refractivity contribution is 0.410. The van der Waals surface area contributed by atoms with Gasteiger partial charge in [0.15, 0.2) is 0 Å². The lowest BCUT2D eigenvalue weighted by Crippen LogP contribution is -2.08. The Morgan fingerprint density at radius 2 is 1.70 bits per heavy atom. The summed E-state index contributed by atoms with van der Waals surface area (Å²) in [5, 5.41) is 0.482. The Labute approximate surface area is 125 Å². The number of ether oxygens (including phenoxy) is 1. The fourth-order valence-corrected chi connectivity index (χ4v) is 2.23. The molecule has 0 bridgehead atoms. The van der Waals surface area contributed by atoms with Gasteiger partial charge in [-0.15, -0.1) is 0 Å². The average Bonchev–Trinajstić information content (AvgIpc) is 2.33. The summed E-state index contributed by atoms with van der Waals surface area (Å²) in [6, 6.07) is 11.8. The number of aryl methyl sites for hydroxylation is 1. The molecule has 1 aromatic carbocycles. The zero-order valence-corrected chi connectivity index (χ0v) is 13.2. The van der Waals surface area contributed by atoms with E-state index in [-0.39, 0.29) is 0 Å². The molecule has 2 rings (SSSR count). The van der Waals surface area contributed by atoms with E-state index in [4.69, 9.17) is 16.3 Å². The van der Waals surface area contributed by atoms with Crippen molar-refractivity contribution in [1.82, 2.24) is 4.98 Å². The molecule has 1 aromatic heterocycles. The van der Waals surface area contributed by atoms with Crippen molar-refractivity contribution in [3.63, 3.8) is 0 Å². The molecular weight excluding hydrogens is 270 g/mol. The zero-order chi connectivity index (χ0) is 14.8. The molecule has 0 atom stereocenters. The van der Waals surface area contributed by atoms with Crippen molar-refractivity contribution in [2.75, 3.05) is 0 Å². The smallest absolute Gasteiger partial charge is 0.148 e. The SMILES string of the molecule is Cc1nc(Cl)ccc1Oc1ccc(CC(C)(C)C)cc1. The van der Waals surface area contributed by atoms with Gasteiger partial charge in [0.25, 0.3) is 0 Å². The number of nitrogens with zero attached hydrogens (tertiary/aromatic N) is 1. The number of rotatable bonds is 3. The quantitative estimate of drug-likeness (QED) is 0.703. The molecule has 0 aliphatic rings. The summed E-state index contributed by atoms with van der Waals surface area (Å²) in [5.74, 6) is 1.55. The van der Waals surface area contributed by atoms with Crippen LogP contribution in [0.4, 0.5) is 0 Å². The van der Waals surface area contributed by atoms with Crippen molar-refractivity contribution in [3.8, 4) is 11.5 Å². The van der Waals surface area contributed by atoms with E-state index < -0.39 is 0 Å². The van der Waals surface area contributed by atoms with E-state index >= 15 is 0 Å². The van der Waals surface area contributed by atoms with Gasteiger partial charge in [-0.3, -0.25) is 0 Å². The number of benzene rings is 1. The second kappa shape index (κ2) is 5.84. The Balaban J connectivity index is 2.11. The third-order valence-electron chi connectivity index (χ3n) is 2.89. The maximum absolute atomic E-state index is 5.84. The minimum absolute atomic E-state index is 0.291. The first-order chi connectivity index (χ1) is 9.33. The van der Waals surface area contributed by atoms with Crippen LogP contribution in [0.5, 0.6) is 11.5 Å². The lowest BCUT2D eigenvalue weighted by atomic mass is 9.88. The first-order valence-electron chi connectivity index (χ1n) is 6.73. The molecule has 106 valence electrons. The molecule has 0 aliphatic heterocycles. The van der Waals surface area contributed by atoms with Crippen LogP contribution >= 0.6 is 11.6 Å². The second-order valence-corrected chi connectivity index (χ2v) is 6.59. The third-order valence-corrected chi connectivity index (χ3v) is 3.10. The molecule has 0 unspecified atom stereocenters. The molecule has 0 fully saturated rings. The van der Waals surface area contributed by atoms with Gasteiger partial charge in [0, 0.05) is 0 Å². The molecule has 20 heavy (non-hydrogen) atoms. The van der Waals surface area contributed by atoms with E-state index in [1.54, 1.807) is 6.07 Å². The molecule has 0 aliphatic carbocycles. The van der Waals surface area contributed by atoms with Gasteiger partial charge in [-0.05, 0) is 48.6 Å². The number of pyridine rings is 1.